The average Bonchev–Trinajstić information content (AvgIpc) is 3.32. The Morgan fingerprint density at radius 1 is 0.943 bits per heavy atom. The summed E-state index contributed by atoms with van der Waals surface area (Å²) in [5, 5.41) is 6.98. The van der Waals surface area contributed by atoms with Gasteiger partial charge in [0.05, 0.1) is 32.3 Å². The van der Waals surface area contributed by atoms with Crippen molar-refractivity contribution in [3.63, 3.8) is 0 Å². The van der Waals surface area contributed by atoms with E-state index in [9.17, 15) is 19.2 Å². The molecule has 0 spiro atoms. The number of methoxy groups -OCH3 is 2. The molecule has 15 nitrogen and oxygen atoms in total. The van der Waals surface area contributed by atoms with Crippen molar-refractivity contribution in [2.24, 2.45) is 10.8 Å². The van der Waals surface area contributed by atoms with Gasteiger partial charge in [-0.15, -0.1) is 0 Å². The maximum absolute atomic E-state index is 14.4. The number of nitrogens with one attached hydrogen (secondary N) is 2. The first-order chi connectivity index (χ1) is 24.2. The van der Waals surface area contributed by atoms with E-state index in [2.05, 4.69) is 66.7 Å². The van der Waals surface area contributed by atoms with Crippen LogP contribution < -0.4 is 15.6 Å². The normalized spacial score (nSPS) is 18.5. The van der Waals surface area contributed by atoms with Gasteiger partial charge in [-0.2, -0.15) is 5.10 Å². The number of hydrogen-bond donors (Lipinski definition) is 2. The molecule has 1 fully saturated rings. The number of aromatic amines is 1. The SMILES string of the molecule is COC(=O)Nc1nc2c(I)nn(Cc3ccc(C4(C(C)(C)C)C(C(C)(C)C)N(C(=O)OC(C)(C)C)CCN4C(=O)OC(C)(C)C)cc3OC)c2c(=O)[nH]1. The van der Waals surface area contributed by atoms with Crippen LogP contribution in [0.4, 0.5) is 20.3 Å². The molecule has 2 unspecified atom stereocenters. The zero-order chi connectivity index (χ0) is 40.1. The second-order valence-corrected chi connectivity index (χ2v) is 18.3. The summed E-state index contributed by atoms with van der Waals surface area (Å²) < 4.78 is 24.7. The highest BCUT2D eigenvalue weighted by Crippen LogP contribution is 2.56. The number of carbonyl (C=O) groups excluding carboxylic acids is 3. The molecule has 1 aliphatic rings. The zero-order valence-corrected chi connectivity index (χ0v) is 35.5. The minimum absolute atomic E-state index is 0.0721. The molecule has 2 atom stereocenters. The summed E-state index contributed by atoms with van der Waals surface area (Å²) in [4.78, 5) is 64.1. The van der Waals surface area contributed by atoms with E-state index in [1.807, 2.05) is 82.3 Å². The van der Waals surface area contributed by atoms with Crippen molar-refractivity contribution >= 4 is 57.9 Å². The summed E-state index contributed by atoms with van der Waals surface area (Å²) in [7, 11) is 2.76. The Balaban J connectivity index is 1.96. The van der Waals surface area contributed by atoms with Gasteiger partial charge in [0.2, 0.25) is 5.95 Å². The Labute approximate surface area is 324 Å². The largest absolute Gasteiger partial charge is 0.496 e. The van der Waals surface area contributed by atoms with Crippen molar-refractivity contribution in [1.29, 1.82) is 0 Å². The number of carbonyl (C=O) groups is 3. The lowest BCUT2D eigenvalue weighted by Gasteiger charge is -2.64. The Kier molecular flexibility index (Phi) is 11.5. The summed E-state index contributed by atoms with van der Waals surface area (Å²) in [5.41, 5.74) is -2.58. The smallest absolute Gasteiger partial charge is 0.413 e. The first-order valence-corrected chi connectivity index (χ1v) is 18.5. The minimum atomic E-state index is -1.17. The van der Waals surface area contributed by atoms with Crippen LogP contribution >= 0.6 is 22.6 Å². The molecule has 0 aliphatic carbocycles. The standard InChI is InChI=1S/C37H54IN7O8/c1-33(2,3)28-37(34(4,5)6,44(32(49)53-36(10,11)12)18-17-43(28)31(48)52-35(7,8)9)22-16-15-21(23(19-22)50-13)20-45-25-24(26(38)42-45)39-29(40-27(25)46)41-30(47)51-14/h15-16,19,28H,17-18,20H2,1-14H3,(H2,39,40,41,46,47). The number of anilines is 1. The summed E-state index contributed by atoms with van der Waals surface area (Å²) >= 11 is 1.99. The number of benzene rings is 1. The maximum Gasteiger partial charge on any atom is 0.413 e. The summed E-state index contributed by atoms with van der Waals surface area (Å²) in [6.07, 6.45) is -1.75. The number of hydrogen-bond acceptors (Lipinski definition) is 10. The second-order valence-electron chi connectivity index (χ2n) is 17.3. The number of halogens is 1. The van der Waals surface area contributed by atoms with Gasteiger partial charge in [-0.3, -0.25) is 24.7 Å². The molecule has 4 rings (SSSR count). The van der Waals surface area contributed by atoms with E-state index in [4.69, 9.17) is 14.2 Å². The van der Waals surface area contributed by atoms with Crippen LogP contribution in [0.5, 0.6) is 5.75 Å². The van der Waals surface area contributed by atoms with Crippen molar-refractivity contribution in [2.45, 2.75) is 112 Å². The van der Waals surface area contributed by atoms with Gasteiger partial charge in [-0.25, -0.2) is 19.4 Å². The van der Waals surface area contributed by atoms with Crippen LogP contribution in [0, 0.1) is 14.5 Å². The summed E-state index contributed by atoms with van der Waals surface area (Å²) in [6.45, 7) is 23.9. The Bertz CT molecular complexity index is 1930. The molecule has 292 valence electrons. The molecule has 2 aromatic heterocycles. The first-order valence-electron chi connectivity index (χ1n) is 17.4. The molecule has 0 radical (unpaired) electrons. The van der Waals surface area contributed by atoms with E-state index in [1.165, 1.54) is 11.8 Å². The van der Waals surface area contributed by atoms with E-state index in [0.717, 1.165) is 5.56 Å². The lowest BCUT2D eigenvalue weighted by atomic mass is 9.57. The molecule has 3 amide bonds. The fraction of sp³-hybridized carbons (Fsp3) is 0.622. The maximum atomic E-state index is 14.4. The van der Waals surface area contributed by atoms with Gasteiger partial charge >= 0.3 is 18.3 Å². The van der Waals surface area contributed by atoms with E-state index >= 15 is 0 Å². The lowest BCUT2D eigenvalue weighted by Crippen LogP contribution is -2.75. The number of rotatable bonds is 5. The quantitative estimate of drug-likeness (QED) is 0.199. The van der Waals surface area contributed by atoms with Crippen molar-refractivity contribution in [3.05, 3.63) is 43.4 Å². The van der Waals surface area contributed by atoms with Crippen molar-refractivity contribution in [2.75, 3.05) is 32.6 Å². The third-order valence-corrected chi connectivity index (χ3v) is 9.64. The molecular weight excluding hydrogens is 797 g/mol. The Morgan fingerprint density at radius 3 is 2.08 bits per heavy atom. The van der Waals surface area contributed by atoms with Gasteiger partial charge in [0.25, 0.3) is 5.56 Å². The summed E-state index contributed by atoms with van der Waals surface area (Å²) in [6, 6.07) is 5.12. The molecule has 1 aliphatic heterocycles. The Morgan fingerprint density at radius 2 is 1.55 bits per heavy atom. The van der Waals surface area contributed by atoms with Crippen LogP contribution in [0.25, 0.3) is 11.0 Å². The molecule has 1 aromatic carbocycles. The molecule has 0 bridgehead atoms. The van der Waals surface area contributed by atoms with Crippen molar-refractivity contribution in [1.82, 2.24) is 29.5 Å². The number of nitrogens with zero attached hydrogens (tertiary/aromatic N) is 5. The van der Waals surface area contributed by atoms with Crippen molar-refractivity contribution < 1.29 is 33.3 Å². The monoisotopic (exact) mass is 851 g/mol. The molecule has 1 saturated heterocycles. The third kappa shape index (κ3) is 8.51. The van der Waals surface area contributed by atoms with E-state index in [1.54, 1.807) is 16.9 Å². The van der Waals surface area contributed by atoms with Crippen LogP contribution in [-0.4, -0.2) is 92.4 Å². The zero-order valence-electron chi connectivity index (χ0n) is 33.3. The van der Waals surface area contributed by atoms with Gasteiger partial charge in [-0.05, 0) is 86.6 Å². The van der Waals surface area contributed by atoms with Crippen molar-refractivity contribution in [3.8, 4) is 5.75 Å². The number of fused-ring (bicyclic) bond motifs is 1. The molecule has 53 heavy (non-hydrogen) atoms. The van der Waals surface area contributed by atoms with Gasteiger partial charge in [0.1, 0.15) is 26.2 Å². The highest BCUT2D eigenvalue weighted by Gasteiger charge is 2.64. The number of piperazine rings is 1. The molecule has 16 heteroatoms. The third-order valence-electron chi connectivity index (χ3n) is 8.91. The summed E-state index contributed by atoms with van der Waals surface area (Å²) in [5.74, 6) is 0.404. The van der Waals surface area contributed by atoms with E-state index < -0.39 is 57.5 Å². The first kappa shape index (κ1) is 41.7. The molecule has 3 aromatic rings. The molecule has 0 saturated carbocycles. The van der Waals surface area contributed by atoms with Gasteiger partial charge < -0.3 is 23.8 Å². The van der Waals surface area contributed by atoms with Crippen LogP contribution in [-0.2, 0) is 26.3 Å². The van der Waals surface area contributed by atoms with E-state index in [-0.39, 0.29) is 31.1 Å². The van der Waals surface area contributed by atoms with Gasteiger partial charge in [0, 0.05) is 18.7 Å². The number of ether oxygens (including phenoxy) is 4. The van der Waals surface area contributed by atoms with Crippen LogP contribution in [0.3, 0.4) is 0 Å². The predicted molar refractivity (Wildman–Crippen MR) is 209 cm³/mol. The molecule has 3 heterocycles. The van der Waals surface area contributed by atoms with Gasteiger partial charge in [-0.1, -0.05) is 53.7 Å². The fourth-order valence-corrected chi connectivity index (χ4v) is 7.90. The van der Waals surface area contributed by atoms with Gasteiger partial charge in [0.15, 0.2) is 5.52 Å². The van der Waals surface area contributed by atoms with Crippen LogP contribution in [0.15, 0.2) is 23.0 Å². The topological polar surface area (TPSA) is 170 Å². The Hall–Kier alpha value is -4.09. The molecular formula is C37H54IN7O8. The second kappa shape index (κ2) is 14.6. The number of amides is 3. The highest BCUT2D eigenvalue weighted by molar-refractivity contribution is 14.1. The van der Waals surface area contributed by atoms with Crippen LogP contribution in [0.1, 0.15) is 94.2 Å². The number of aromatic nitrogens is 4. The van der Waals surface area contributed by atoms with E-state index in [0.29, 0.717) is 20.5 Å². The fourth-order valence-electron chi connectivity index (χ4n) is 7.26. The van der Waals surface area contributed by atoms with Crippen LogP contribution in [0.2, 0.25) is 0 Å². The number of H-pyrrole nitrogens is 1. The minimum Gasteiger partial charge on any atom is -0.496 e. The molecule has 2 N–H and O–H groups in total. The average molecular weight is 852 g/mol. The highest BCUT2D eigenvalue weighted by atomic mass is 127. The lowest BCUT2D eigenvalue weighted by molar-refractivity contribution is -0.142. The predicted octanol–water partition coefficient (Wildman–Crippen LogP) is 7.10.